The standard InChI is InChI=1S/C19H26N2O3S2/c1-10-6-5-7-14(8-10)24-19(23)13(4)25-9-15-20-17(22)16-11(2)12(3)26-18(16)21-15/h10,13-14H,5-9H2,1-4H3,(H,20,21,22). The van der Waals surface area contributed by atoms with Crippen molar-refractivity contribution in [3.8, 4) is 0 Å². The molecule has 0 spiro atoms. The molecule has 2 aromatic heterocycles. The van der Waals surface area contributed by atoms with Crippen LogP contribution >= 0.6 is 23.1 Å². The van der Waals surface area contributed by atoms with Gasteiger partial charge in [0.05, 0.1) is 11.1 Å². The lowest BCUT2D eigenvalue weighted by molar-refractivity contribution is -0.150. The van der Waals surface area contributed by atoms with E-state index in [1.165, 1.54) is 29.5 Å². The molecule has 26 heavy (non-hydrogen) atoms. The van der Waals surface area contributed by atoms with E-state index < -0.39 is 0 Å². The van der Waals surface area contributed by atoms with Crippen molar-refractivity contribution in [3.63, 3.8) is 0 Å². The molecule has 0 amide bonds. The number of aryl methyl sites for hydroxylation is 2. The van der Waals surface area contributed by atoms with Gasteiger partial charge < -0.3 is 9.72 Å². The lowest BCUT2D eigenvalue weighted by Gasteiger charge is -2.27. The van der Waals surface area contributed by atoms with Gasteiger partial charge >= 0.3 is 5.97 Å². The number of fused-ring (bicyclic) bond motifs is 1. The van der Waals surface area contributed by atoms with Crippen LogP contribution in [0.15, 0.2) is 4.79 Å². The number of nitrogens with zero attached hydrogens (tertiary/aromatic N) is 1. The second-order valence-corrected chi connectivity index (χ2v) is 9.79. The molecule has 1 N–H and O–H groups in total. The van der Waals surface area contributed by atoms with Crippen LogP contribution in [0.5, 0.6) is 0 Å². The number of nitrogens with one attached hydrogen (secondary N) is 1. The maximum Gasteiger partial charge on any atom is 0.319 e. The van der Waals surface area contributed by atoms with E-state index in [0.717, 1.165) is 34.5 Å². The Morgan fingerprint density at radius 2 is 2.19 bits per heavy atom. The van der Waals surface area contributed by atoms with Crippen LogP contribution in [0.1, 0.15) is 55.8 Å². The molecule has 0 aromatic carbocycles. The van der Waals surface area contributed by atoms with Crippen LogP contribution in [0.4, 0.5) is 0 Å². The average molecular weight is 395 g/mol. The van der Waals surface area contributed by atoms with Crippen LogP contribution in [0.2, 0.25) is 0 Å². The minimum Gasteiger partial charge on any atom is -0.462 e. The van der Waals surface area contributed by atoms with Crippen molar-refractivity contribution in [2.24, 2.45) is 5.92 Å². The number of H-pyrrole nitrogens is 1. The molecule has 0 radical (unpaired) electrons. The molecule has 0 aliphatic heterocycles. The fraction of sp³-hybridized carbons (Fsp3) is 0.632. The Balaban J connectivity index is 1.60. The highest BCUT2D eigenvalue weighted by Crippen LogP contribution is 2.28. The molecule has 3 rings (SSSR count). The number of hydrogen-bond acceptors (Lipinski definition) is 6. The number of hydrogen-bond donors (Lipinski definition) is 1. The first-order valence-corrected chi connectivity index (χ1v) is 11.0. The third-order valence-electron chi connectivity index (χ3n) is 5.06. The summed E-state index contributed by atoms with van der Waals surface area (Å²) in [5.74, 6) is 1.56. The van der Waals surface area contributed by atoms with Gasteiger partial charge in [0.25, 0.3) is 5.56 Å². The van der Waals surface area contributed by atoms with Gasteiger partial charge in [-0.2, -0.15) is 0 Å². The Bertz CT molecular complexity index is 858. The summed E-state index contributed by atoms with van der Waals surface area (Å²) in [6.45, 7) is 8.02. The number of esters is 1. The van der Waals surface area contributed by atoms with Gasteiger partial charge in [0.15, 0.2) is 0 Å². The molecule has 1 aliphatic carbocycles. The van der Waals surface area contributed by atoms with Gasteiger partial charge in [-0.1, -0.05) is 13.3 Å². The molecular formula is C19H26N2O3S2. The third kappa shape index (κ3) is 4.31. The van der Waals surface area contributed by atoms with E-state index in [-0.39, 0.29) is 22.9 Å². The highest BCUT2D eigenvalue weighted by atomic mass is 32.2. The molecule has 0 bridgehead atoms. The van der Waals surface area contributed by atoms with E-state index in [9.17, 15) is 9.59 Å². The molecule has 1 saturated carbocycles. The number of aromatic nitrogens is 2. The highest BCUT2D eigenvalue weighted by Gasteiger charge is 2.25. The SMILES string of the molecule is Cc1sc2nc(CSC(C)C(=O)OC3CCCC(C)C3)[nH]c(=O)c2c1C. The van der Waals surface area contributed by atoms with Crippen LogP contribution in [0.25, 0.3) is 10.2 Å². The Labute approximate surface area is 161 Å². The Hall–Kier alpha value is -1.34. The fourth-order valence-electron chi connectivity index (χ4n) is 3.39. The van der Waals surface area contributed by atoms with Crippen molar-refractivity contribution < 1.29 is 9.53 Å². The molecule has 3 atom stereocenters. The summed E-state index contributed by atoms with van der Waals surface area (Å²) >= 11 is 2.99. The Morgan fingerprint density at radius 3 is 2.92 bits per heavy atom. The average Bonchev–Trinajstić information content (AvgIpc) is 2.87. The Kier molecular flexibility index (Phi) is 6.07. The molecule has 1 aliphatic rings. The van der Waals surface area contributed by atoms with Crippen LogP contribution in [-0.4, -0.2) is 27.3 Å². The van der Waals surface area contributed by atoms with Crippen molar-refractivity contribution in [3.05, 3.63) is 26.6 Å². The zero-order valence-corrected chi connectivity index (χ0v) is 17.4. The lowest BCUT2D eigenvalue weighted by Crippen LogP contribution is -2.28. The largest absolute Gasteiger partial charge is 0.462 e. The van der Waals surface area contributed by atoms with Crippen LogP contribution in [0.3, 0.4) is 0 Å². The molecule has 142 valence electrons. The first-order chi connectivity index (χ1) is 12.3. The smallest absolute Gasteiger partial charge is 0.319 e. The molecule has 2 heterocycles. The van der Waals surface area contributed by atoms with Gasteiger partial charge in [0.2, 0.25) is 0 Å². The molecular weight excluding hydrogens is 368 g/mol. The Morgan fingerprint density at radius 1 is 1.42 bits per heavy atom. The van der Waals surface area contributed by atoms with Crippen molar-refractivity contribution in [1.29, 1.82) is 0 Å². The molecule has 5 nitrogen and oxygen atoms in total. The molecule has 2 aromatic rings. The predicted molar refractivity (Wildman–Crippen MR) is 108 cm³/mol. The summed E-state index contributed by atoms with van der Waals surface area (Å²) in [6.07, 6.45) is 4.34. The summed E-state index contributed by atoms with van der Waals surface area (Å²) < 4.78 is 5.67. The van der Waals surface area contributed by atoms with Crippen molar-refractivity contribution in [2.75, 3.05) is 0 Å². The van der Waals surface area contributed by atoms with E-state index in [1.54, 1.807) is 0 Å². The first kappa shape index (κ1) is 19.4. The van der Waals surface area contributed by atoms with Crippen molar-refractivity contribution in [1.82, 2.24) is 9.97 Å². The normalized spacial score (nSPS) is 21.7. The zero-order chi connectivity index (χ0) is 18.8. The number of ether oxygens (including phenoxy) is 1. The predicted octanol–water partition coefficient (Wildman–Crippen LogP) is 4.35. The fourth-order valence-corrected chi connectivity index (χ4v) is 5.17. The van der Waals surface area contributed by atoms with E-state index >= 15 is 0 Å². The highest BCUT2D eigenvalue weighted by molar-refractivity contribution is 7.99. The van der Waals surface area contributed by atoms with Crippen LogP contribution < -0.4 is 5.56 Å². The van der Waals surface area contributed by atoms with E-state index in [2.05, 4.69) is 16.9 Å². The minimum atomic E-state index is -0.278. The summed E-state index contributed by atoms with van der Waals surface area (Å²) in [6, 6.07) is 0. The topological polar surface area (TPSA) is 72.0 Å². The molecule has 3 unspecified atom stereocenters. The maximum absolute atomic E-state index is 12.3. The first-order valence-electron chi connectivity index (χ1n) is 9.16. The third-order valence-corrected chi connectivity index (χ3v) is 7.29. The zero-order valence-electron chi connectivity index (χ0n) is 15.8. The number of thiophene rings is 1. The minimum absolute atomic E-state index is 0.0562. The number of rotatable bonds is 5. The van der Waals surface area contributed by atoms with E-state index in [0.29, 0.717) is 22.9 Å². The van der Waals surface area contributed by atoms with Gasteiger partial charge in [0, 0.05) is 4.88 Å². The van der Waals surface area contributed by atoms with E-state index in [1.807, 2.05) is 20.8 Å². The summed E-state index contributed by atoms with van der Waals surface area (Å²) in [4.78, 5) is 33.9. The number of carbonyl (C=O) groups is 1. The van der Waals surface area contributed by atoms with Gasteiger partial charge in [-0.05, 0) is 51.5 Å². The molecule has 0 saturated heterocycles. The lowest BCUT2D eigenvalue weighted by atomic mass is 9.89. The maximum atomic E-state index is 12.3. The molecule has 7 heteroatoms. The summed E-state index contributed by atoms with van der Waals surface area (Å²) in [5.41, 5.74) is 0.899. The second-order valence-electron chi connectivity index (χ2n) is 7.26. The van der Waals surface area contributed by atoms with E-state index in [4.69, 9.17) is 4.74 Å². The van der Waals surface area contributed by atoms with Gasteiger partial charge in [-0.25, -0.2) is 4.98 Å². The van der Waals surface area contributed by atoms with Crippen LogP contribution in [-0.2, 0) is 15.3 Å². The summed E-state index contributed by atoms with van der Waals surface area (Å²) in [7, 11) is 0. The van der Waals surface area contributed by atoms with Crippen LogP contribution in [0, 0.1) is 19.8 Å². The molecule has 1 fully saturated rings. The van der Waals surface area contributed by atoms with Gasteiger partial charge in [-0.3, -0.25) is 9.59 Å². The van der Waals surface area contributed by atoms with Gasteiger partial charge in [0.1, 0.15) is 22.0 Å². The van der Waals surface area contributed by atoms with Crippen molar-refractivity contribution in [2.45, 2.75) is 70.5 Å². The quantitative estimate of drug-likeness (QED) is 0.764. The van der Waals surface area contributed by atoms with Gasteiger partial charge in [-0.15, -0.1) is 23.1 Å². The second kappa shape index (κ2) is 8.13. The van der Waals surface area contributed by atoms with Crippen molar-refractivity contribution >= 4 is 39.3 Å². The number of carbonyl (C=O) groups excluding carboxylic acids is 1. The summed E-state index contributed by atoms with van der Waals surface area (Å²) in [5, 5.41) is 0.403. The number of thioether (sulfide) groups is 1. The number of aromatic amines is 1. The monoisotopic (exact) mass is 394 g/mol.